The standard InChI is InChI=1S/C21H22N4O3/c1-5-28-21-18-17(14-7-6-13(9-22)8-15(14)27-4)16(20(23)26)12(3)25-19(18)11(2)10-24-21/h6-8,10,17,25H,5H2,1-4H3,(H2,23,26)/t17-/m0/s1/i4D3,17D. The van der Waals surface area contributed by atoms with Gasteiger partial charge >= 0.3 is 0 Å². The molecule has 0 radical (unpaired) electrons. The molecule has 7 heteroatoms. The summed E-state index contributed by atoms with van der Waals surface area (Å²) in [6.45, 7) is 5.35. The van der Waals surface area contributed by atoms with Crippen molar-refractivity contribution in [3.63, 3.8) is 0 Å². The van der Waals surface area contributed by atoms with Crippen LogP contribution in [0.3, 0.4) is 0 Å². The summed E-state index contributed by atoms with van der Waals surface area (Å²) in [7, 11) is -2.87. The molecule has 1 aromatic carbocycles. The molecule has 2 heterocycles. The van der Waals surface area contributed by atoms with E-state index in [-0.39, 0.29) is 40.5 Å². The van der Waals surface area contributed by atoms with Crippen LogP contribution in [0.15, 0.2) is 35.7 Å². The molecule has 1 amide bonds. The van der Waals surface area contributed by atoms with Crippen LogP contribution in [0, 0.1) is 18.3 Å². The van der Waals surface area contributed by atoms with Crippen molar-refractivity contribution in [3.05, 3.63) is 57.9 Å². The van der Waals surface area contributed by atoms with E-state index in [2.05, 4.69) is 10.3 Å². The summed E-state index contributed by atoms with van der Waals surface area (Å²) in [6.07, 6.45) is 1.57. The van der Waals surface area contributed by atoms with Gasteiger partial charge in [-0.1, -0.05) is 6.07 Å². The number of anilines is 1. The van der Waals surface area contributed by atoms with Crippen LogP contribution >= 0.6 is 0 Å². The second-order valence-electron chi connectivity index (χ2n) is 6.22. The van der Waals surface area contributed by atoms with E-state index in [1.54, 1.807) is 27.0 Å². The normalized spacial score (nSPS) is 20.5. The number of nitrogens with zero attached hydrogens (tertiary/aromatic N) is 2. The number of benzene rings is 1. The van der Waals surface area contributed by atoms with Gasteiger partial charge in [0, 0.05) is 24.4 Å². The van der Waals surface area contributed by atoms with Crippen LogP contribution in [0.1, 0.15) is 47.5 Å². The summed E-state index contributed by atoms with van der Waals surface area (Å²) < 4.78 is 43.1. The summed E-state index contributed by atoms with van der Waals surface area (Å²) in [4.78, 5) is 16.9. The first-order valence-electron chi connectivity index (χ1n) is 10.6. The molecule has 144 valence electrons. The van der Waals surface area contributed by atoms with Gasteiger partial charge in [0.2, 0.25) is 11.8 Å². The van der Waals surface area contributed by atoms with Crippen molar-refractivity contribution in [3.8, 4) is 17.7 Å². The molecule has 0 fully saturated rings. The van der Waals surface area contributed by atoms with E-state index in [4.69, 9.17) is 19.3 Å². The SMILES string of the molecule is [2H]C([2H])([2H])Oc1cc(C#N)ccc1[C@@]1([2H])C(C(N)=O)=C(C)Nc2c(C)cnc(OCC)c21. The van der Waals surface area contributed by atoms with Crippen molar-refractivity contribution < 1.29 is 19.8 Å². The van der Waals surface area contributed by atoms with Gasteiger partial charge in [-0.25, -0.2) is 4.98 Å². The van der Waals surface area contributed by atoms with Crippen molar-refractivity contribution in [2.24, 2.45) is 5.73 Å². The Bertz CT molecular complexity index is 1170. The van der Waals surface area contributed by atoms with Gasteiger partial charge < -0.3 is 20.5 Å². The number of ether oxygens (including phenoxy) is 2. The molecule has 0 spiro atoms. The summed E-state index contributed by atoms with van der Waals surface area (Å²) in [6, 6.07) is 5.94. The number of pyridine rings is 1. The zero-order valence-electron chi connectivity index (χ0n) is 19.7. The second-order valence-corrected chi connectivity index (χ2v) is 6.22. The van der Waals surface area contributed by atoms with E-state index in [0.717, 1.165) is 0 Å². The van der Waals surface area contributed by atoms with Gasteiger partial charge in [-0.05, 0) is 38.5 Å². The summed E-state index contributed by atoms with van der Waals surface area (Å²) in [5.41, 5.74) is 7.39. The molecule has 1 aliphatic rings. The van der Waals surface area contributed by atoms with E-state index in [9.17, 15) is 11.4 Å². The third kappa shape index (κ3) is 3.14. The third-order valence-electron chi connectivity index (χ3n) is 4.44. The fourth-order valence-corrected chi connectivity index (χ4v) is 3.25. The molecule has 3 rings (SSSR count). The highest BCUT2D eigenvalue weighted by Gasteiger charge is 2.36. The van der Waals surface area contributed by atoms with Crippen molar-refractivity contribution in [2.75, 3.05) is 19.0 Å². The summed E-state index contributed by atoms with van der Waals surface area (Å²) in [5, 5.41) is 12.4. The maximum Gasteiger partial charge on any atom is 0.247 e. The topological polar surface area (TPSA) is 110 Å². The largest absolute Gasteiger partial charge is 0.496 e. The molecule has 7 nitrogen and oxygen atoms in total. The number of hydrogen-bond acceptors (Lipinski definition) is 6. The number of carbonyl (C=O) groups is 1. The number of rotatable bonds is 5. The smallest absolute Gasteiger partial charge is 0.247 e. The molecule has 2 aromatic rings. The Kier molecular flexibility index (Phi) is 3.94. The zero-order valence-corrected chi connectivity index (χ0v) is 15.7. The van der Waals surface area contributed by atoms with Gasteiger partial charge in [-0.15, -0.1) is 0 Å². The maximum absolute atomic E-state index is 12.6. The first-order chi connectivity index (χ1) is 14.9. The first-order valence-corrected chi connectivity index (χ1v) is 8.58. The lowest BCUT2D eigenvalue weighted by molar-refractivity contribution is -0.114. The average molecular weight is 382 g/mol. The van der Waals surface area contributed by atoms with Crippen LogP contribution < -0.4 is 20.5 Å². The minimum atomic E-state index is -2.87. The molecule has 0 unspecified atom stereocenters. The molecule has 3 N–H and O–H groups in total. The molecular weight excluding hydrogens is 356 g/mol. The van der Waals surface area contributed by atoms with E-state index < -0.39 is 18.8 Å². The number of allylic oxidation sites excluding steroid dienone is 1. The molecule has 28 heavy (non-hydrogen) atoms. The van der Waals surface area contributed by atoms with Gasteiger partial charge in [0.1, 0.15) is 5.75 Å². The summed E-state index contributed by atoms with van der Waals surface area (Å²) >= 11 is 0. The average Bonchev–Trinajstić information content (AvgIpc) is 2.68. The molecule has 0 saturated heterocycles. The number of nitrogens with one attached hydrogen (secondary N) is 1. The highest BCUT2D eigenvalue weighted by molar-refractivity contribution is 5.98. The van der Waals surface area contributed by atoms with E-state index in [1.165, 1.54) is 18.2 Å². The number of aryl methyl sites for hydroxylation is 1. The Labute approximate surface area is 169 Å². The fraction of sp³-hybridized carbons (Fsp3) is 0.286. The molecule has 0 saturated carbocycles. The van der Waals surface area contributed by atoms with Crippen LogP contribution in [0.25, 0.3) is 0 Å². The quantitative estimate of drug-likeness (QED) is 0.822. The Balaban J connectivity index is 2.47. The molecule has 1 aromatic heterocycles. The Morgan fingerprint density at radius 2 is 2.29 bits per heavy atom. The minimum Gasteiger partial charge on any atom is -0.496 e. The monoisotopic (exact) mass is 382 g/mol. The lowest BCUT2D eigenvalue weighted by atomic mass is 9.79. The number of amides is 1. The first kappa shape index (κ1) is 14.5. The minimum absolute atomic E-state index is 0.0110. The van der Waals surface area contributed by atoms with Gasteiger partial charge in [0.05, 0.1) is 46.5 Å². The van der Waals surface area contributed by atoms with E-state index in [1.807, 2.05) is 6.07 Å². The van der Waals surface area contributed by atoms with Crippen LogP contribution in [0.2, 0.25) is 0 Å². The lowest BCUT2D eigenvalue weighted by Gasteiger charge is -2.32. The fourth-order valence-electron chi connectivity index (χ4n) is 3.25. The Morgan fingerprint density at radius 1 is 1.50 bits per heavy atom. The number of nitrogens with two attached hydrogens (primary N) is 1. The summed E-state index contributed by atoms with van der Waals surface area (Å²) in [5.74, 6) is -3.08. The lowest BCUT2D eigenvalue weighted by Crippen LogP contribution is -2.28. The highest BCUT2D eigenvalue weighted by Crippen LogP contribution is 2.48. The van der Waals surface area contributed by atoms with E-state index >= 15 is 0 Å². The van der Waals surface area contributed by atoms with Crippen LogP contribution in [-0.2, 0) is 4.79 Å². The van der Waals surface area contributed by atoms with Gasteiger partial charge in [-0.2, -0.15) is 5.26 Å². The number of methoxy groups -OCH3 is 1. The number of aromatic nitrogens is 1. The van der Waals surface area contributed by atoms with Crippen LogP contribution in [0.5, 0.6) is 11.6 Å². The number of nitriles is 1. The number of fused-ring (bicyclic) bond motifs is 1. The van der Waals surface area contributed by atoms with Crippen LogP contribution in [0.4, 0.5) is 5.69 Å². The van der Waals surface area contributed by atoms with Crippen molar-refractivity contribution in [1.82, 2.24) is 4.98 Å². The second kappa shape index (κ2) is 7.61. The number of carbonyl (C=O) groups excluding carboxylic acids is 1. The molecule has 0 bridgehead atoms. The Morgan fingerprint density at radius 3 is 2.93 bits per heavy atom. The Hall–Kier alpha value is -3.53. The van der Waals surface area contributed by atoms with Gasteiger partial charge in [0.25, 0.3) is 0 Å². The van der Waals surface area contributed by atoms with Crippen molar-refractivity contribution in [1.29, 1.82) is 5.26 Å². The molecule has 1 atom stereocenters. The molecular formula is C21H22N4O3. The van der Waals surface area contributed by atoms with Gasteiger partial charge in [-0.3, -0.25) is 4.79 Å². The molecule has 1 aliphatic heterocycles. The highest BCUT2D eigenvalue weighted by atomic mass is 16.5. The third-order valence-corrected chi connectivity index (χ3v) is 4.44. The van der Waals surface area contributed by atoms with Crippen molar-refractivity contribution >= 4 is 11.6 Å². The predicted molar refractivity (Wildman–Crippen MR) is 105 cm³/mol. The van der Waals surface area contributed by atoms with Crippen LogP contribution in [-0.4, -0.2) is 24.5 Å². The number of primary amides is 1. The number of hydrogen-bond donors (Lipinski definition) is 2. The van der Waals surface area contributed by atoms with E-state index in [0.29, 0.717) is 16.9 Å². The van der Waals surface area contributed by atoms with Crippen molar-refractivity contribution in [2.45, 2.75) is 26.7 Å². The zero-order chi connectivity index (χ0) is 23.8. The maximum atomic E-state index is 12.6. The molecule has 0 aliphatic carbocycles. The predicted octanol–water partition coefficient (Wildman–Crippen LogP) is 2.99. The van der Waals surface area contributed by atoms with Gasteiger partial charge in [0.15, 0.2) is 0 Å².